The van der Waals surface area contributed by atoms with Crippen molar-refractivity contribution >= 4 is 23.8 Å². The molecule has 0 aliphatic carbocycles. The van der Waals surface area contributed by atoms with Gasteiger partial charge in [0.2, 0.25) is 0 Å². The first-order valence-electron chi connectivity index (χ1n) is 9.09. The van der Waals surface area contributed by atoms with Crippen LogP contribution in [-0.2, 0) is 4.74 Å². The highest BCUT2D eigenvalue weighted by molar-refractivity contribution is 6.05. The standard InChI is InChI=1S/C22H20N2O4/c25-20-17-11-4-5-12-18(17)24(21(26)19-13-6-14-23(19)20)22(27)28-15-7-10-16-8-2-1-3-9-16/h1-13,19,21,26H,14-15H2/b10-7+/t19-,21-/m0/s1. The van der Waals surface area contributed by atoms with Gasteiger partial charge in [-0.15, -0.1) is 0 Å². The lowest BCUT2D eigenvalue weighted by atomic mass is 10.1. The Kier molecular flexibility index (Phi) is 4.95. The first-order valence-corrected chi connectivity index (χ1v) is 9.09. The topological polar surface area (TPSA) is 70.1 Å². The van der Waals surface area contributed by atoms with Gasteiger partial charge in [-0.3, -0.25) is 4.79 Å². The summed E-state index contributed by atoms with van der Waals surface area (Å²) in [6.07, 6.45) is 5.21. The molecule has 0 radical (unpaired) electrons. The molecule has 2 aromatic rings. The number of rotatable bonds is 3. The third-order valence-corrected chi connectivity index (χ3v) is 4.83. The number of nitrogens with zero attached hydrogens (tertiary/aromatic N) is 2. The van der Waals surface area contributed by atoms with E-state index in [0.29, 0.717) is 17.8 Å². The van der Waals surface area contributed by atoms with E-state index in [1.807, 2.05) is 42.5 Å². The minimum Gasteiger partial charge on any atom is -0.445 e. The molecule has 0 unspecified atom stereocenters. The fourth-order valence-electron chi connectivity index (χ4n) is 3.48. The predicted molar refractivity (Wildman–Crippen MR) is 106 cm³/mol. The quantitative estimate of drug-likeness (QED) is 0.836. The summed E-state index contributed by atoms with van der Waals surface area (Å²) in [6, 6.07) is 15.8. The summed E-state index contributed by atoms with van der Waals surface area (Å²) >= 11 is 0. The minimum absolute atomic E-state index is 0.0529. The number of hydrogen-bond donors (Lipinski definition) is 1. The van der Waals surface area contributed by atoms with E-state index in [4.69, 9.17) is 4.74 Å². The monoisotopic (exact) mass is 376 g/mol. The molecule has 0 saturated carbocycles. The average molecular weight is 376 g/mol. The Morgan fingerprint density at radius 1 is 1.14 bits per heavy atom. The van der Waals surface area contributed by atoms with Crippen LogP contribution in [0.25, 0.3) is 6.08 Å². The van der Waals surface area contributed by atoms with Crippen molar-refractivity contribution in [2.45, 2.75) is 12.3 Å². The predicted octanol–water partition coefficient (Wildman–Crippen LogP) is 3.06. The maximum atomic E-state index is 12.8. The molecule has 4 rings (SSSR count). The summed E-state index contributed by atoms with van der Waals surface area (Å²) in [4.78, 5) is 28.3. The highest BCUT2D eigenvalue weighted by Crippen LogP contribution is 2.32. The van der Waals surface area contributed by atoms with Crippen molar-refractivity contribution in [1.82, 2.24) is 4.90 Å². The number of aliphatic hydroxyl groups excluding tert-OH is 1. The van der Waals surface area contributed by atoms with Crippen LogP contribution in [0.3, 0.4) is 0 Å². The van der Waals surface area contributed by atoms with Crippen LogP contribution in [0.1, 0.15) is 15.9 Å². The van der Waals surface area contributed by atoms with Gasteiger partial charge in [-0.2, -0.15) is 0 Å². The van der Waals surface area contributed by atoms with E-state index in [-0.39, 0.29) is 12.5 Å². The van der Waals surface area contributed by atoms with E-state index < -0.39 is 18.4 Å². The van der Waals surface area contributed by atoms with Crippen molar-refractivity contribution in [1.29, 1.82) is 0 Å². The highest BCUT2D eigenvalue weighted by Gasteiger charge is 2.42. The second-order valence-corrected chi connectivity index (χ2v) is 6.57. The lowest BCUT2D eigenvalue weighted by molar-refractivity contribution is 0.0555. The van der Waals surface area contributed by atoms with Crippen LogP contribution in [0.15, 0.2) is 72.8 Å². The van der Waals surface area contributed by atoms with Gasteiger partial charge in [-0.1, -0.05) is 60.7 Å². The van der Waals surface area contributed by atoms with E-state index >= 15 is 0 Å². The zero-order valence-corrected chi connectivity index (χ0v) is 15.1. The SMILES string of the molecule is O=C1c2ccccc2N(C(=O)OC/C=C/c2ccccc2)[C@@H](O)[C@@H]2C=CCN12. The van der Waals surface area contributed by atoms with Crippen molar-refractivity contribution in [2.75, 3.05) is 18.1 Å². The molecule has 0 fully saturated rings. The Morgan fingerprint density at radius 2 is 1.89 bits per heavy atom. The number of fused-ring (bicyclic) bond motifs is 2. The maximum Gasteiger partial charge on any atom is 0.416 e. The maximum absolute atomic E-state index is 12.8. The molecule has 2 aromatic carbocycles. The minimum atomic E-state index is -1.23. The molecule has 6 nitrogen and oxygen atoms in total. The molecule has 0 saturated heterocycles. The van der Waals surface area contributed by atoms with Crippen molar-refractivity contribution < 1.29 is 19.4 Å². The smallest absolute Gasteiger partial charge is 0.416 e. The normalized spacial score (nSPS) is 20.8. The molecule has 1 N–H and O–H groups in total. The number of hydrogen-bond acceptors (Lipinski definition) is 4. The van der Waals surface area contributed by atoms with Crippen LogP contribution < -0.4 is 4.90 Å². The molecule has 0 aromatic heterocycles. The van der Waals surface area contributed by atoms with Gasteiger partial charge in [0.15, 0.2) is 6.23 Å². The van der Waals surface area contributed by atoms with E-state index in [9.17, 15) is 14.7 Å². The molecule has 2 amide bonds. The molecule has 0 bridgehead atoms. The zero-order valence-electron chi connectivity index (χ0n) is 15.1. The lowest BCUT2D eigenvalue weighted by Crippen LogP contribution is -2.51. The van der Waals surface area contributed by atoms with E-state index in [2.05, 4.69) is 0 Å². The summed E-state index contributed by atoms with van der Waals surface area (Å²) in [5.41, 5.74) is 1.71. The number of anilines is 1. The largest absolute Gasteiger partial charge is 0.445 e. The molecule has 0 spiro atoms. The van der Waals surface area contributed by atoms with Crippen LogP contribution in [-0.4, -0.2) is 47.4 Å². The van der Waals surface area contributed by atoms with Gasteiger partial charge in [0.05, 0.1) is 17.3 Å². The van der Waals surface area contributed by atoms with Crippen LogP contribution in [0.5, 0.6) is 0 Å². The number of para-hydroxylation sites is 1. The van der Waals surface area contributed by atoms with E-state index in [0.717, 1.165) is 10.5 Å². The third kappa shape index (κ3) is 3.30. The second-order valence-electron chi connectivity index (χ2n) is 6.57. The van der Waals surface area contributed by atoms with Gasteiger partial charge in [0.1, 0.15) is 6.61 Å². The summed E-state index contributed by atoms with van der Waals surface area (Å²) in [5.74, 6) is -0.219. The number of carbonyl (C=O) groups excluding carboxylic acids is 2. The Labute approximate surface area is 162 Å². The summed E-state index contributed by atoms with van der Waals surface area (Å²) in [6.45, 7) is 0.453. The number of amides is 2. The second kappa shape index (κ2) is 7.70. The number of carbonyl (C=O) groups is 2. The van der Waals surface area contributed by atoms with Crippen molar-refractivity contribution in [3.8, 4) is 0 Å². The van der Waals surface area contributed by atoms with Crippen molar-refractivity contribution in [2.24, 2.45) is 0 Å². The van der Waals surface area contributed by atoms with Crippen LogP contribution >= 0.6 is 0 Å². The summed E-state index contributed by atoms with van der Waals surface area (Å²) in [7, 11) is 0. The van der Waals surface area contributed by atoms with Crippen LogP contribution in [0.4, 0.5) is 10.5 Å². The summed E-state index contributed by atoms with van der Waals surface area (Å²) in [5, 5.41) is 10.9. The van der Waals surface area contributed by atoms with E-state index in [1.54, 1.807) is 41.3 Å². The molecule has 28 heavy (non-hydrogen) atoms. The Morgan fingerprint density at radius 3 is 2.71 bits per heavy atom. The molecule has 6 heteroatoms. The Hall–Kier alpha value is -3.38. The number of ether oxygens (including phenoxy) is 1. The molecule has 2 aliphatic heterocycles. The van der Waals surface area contributed by atoms with Gasteiger partial charge in [0, 0.05) is 6.54 Å². The van der Waals surface area contributed by atoms with Gasteiger partial charge in [-0.05, 0) is 23.8 Å². The molecule has 2 atom stereocenters. The highest BCUT2D eigenvalue weighted by atomic mass is 16.6. The first kappa shape index (κ1) is 18.0. The van der Waals surface area contributed by atoms with Crippen LogP contribution in [0, 0.1) is 0 Å². The Balaban J connectivity index is 1.55. The lowest BCUT2D eigenvalue weighted by Gasteiger charge is -2.31. The fourth-order valence-corrected chi connectivity index (χ4v) is 3.48. The number of aliphatic hydroxyl groups is 1. The summed E-state index contributed by atoms with van der Waals surface area (Å²) < 4.78 is 5.36. The van der Waals surface area contributed by atoms with Gasteiger partial charge < -0.3 is 14.7 Å². The molecular weight excluding hydrogens is 356 g/mol. The number of benzene rings is 2. The molecule has 2 heterocycles. The zero-order chi connectivity index (χ0) is 19.5. The van der Waals surface area contributed by atoms with Gasteiger partial charge >= 0.3 is 6.09 Å². The molecular formula is C22H20N2O4. The van der Waals surface area contributed by atoms with Gasteiger partial charge in [-0.25, -0.2) is 9.69 Å². The van der Waals surface area contributed by atoms with E-state index in [1.165, 1.54) is 0 Å². The average Bonchev–Trinajstić information content (AvgIpc) is 3.19. The van der Waals surface area contributed by atoms with Crippen molar-refractivity contribution in [3.05, 3.63) is 84.0 Å². The van der Waals surface area contributed by atoms with Crippen LogP contribution in [0.2, 0.25) is 0 Å². The fraction of sp³-hybridized carbons (Fsp3) is 0.182. The molecule has 142 valence electrons. The van der Waals surface area contributed by atoms with Crippen molar-refractivity contribution in [3.63, 3.8) is 0 Å². The molecule has 2 aliphatic rings. The van der Waals surface area contributed by atoms with Gasteiger partial charge in [0.25, 0.3) is 5.91 Å². The first-order chi connectivity index (χ1) is 13.7. The third-order valence-electron chi connectivity index (χ3n) is 4.83. The Bertz CT molecular complexity index is 939.